The lowest BCUT2D eigenvalue weighted by Crippen LogP contribution is -2.06. The van der Waals surface area contributed by atoms with Crippen LogP contribution in [0.25, 0.3) is 6.08 Å². The minimum Gasteiger partial charge on any atom is -0.320 e. The molecule has 1 heterocycles. The minimum atomic E-state index is -4.31. The second kappa shape index (κ2) is 14.7. The van der Waals surface area contributed by atoms with E-state index in [2.05, 4.69) is 17.6 Å². The van der Waals surface area contributed by atoms with Gasteiger partial charge in [0.15, 0.2) is 0 Å². The number of hydrogen-bond donors (Lipinski definition) is 2. The Morgan fingerprint density at radius 3 is 2.08 bits per heavy atom. The topological polar surface area (TPSA) is 41.1 Å². The summed E-state index contributed by atoms with van der Waals surface area (Å²) in [4.78, 5) is 9.94. The highest BCUT2D eigenvalue weighted by Crippen LogP contribution is 2.29. The number of unbranched alkanes of at least 4 members (excludes halogenated alkanes) is 1. The summed E-state index contributed by atoms with van der Waals surface area (Å²) >= 11 is 0. The van der Waals surface area contributed by atoms with Crippen LogP contribution in [0.3, 0.4) is 0 Å². The molecule has 1 aliphatic heterocycles. The Kier molecular flexibility index (Phi) is 13.7. The number of rotatable bonds is 5. The molecule has 2 N–H and O–H groups in total. The van der Waals surface area contributed by atoms with Crippen molar-refractivity contribution in [1.82, 2.24) is 10.6 Å². The van der Waals surface area contributed by atoms with Gasteiger partial charge in [-0.15, -0.1) is 0 Å². The van der Waals surface area contributed by atoms with Gasteiger partial charge in [-0.1, -0.05) is 31.6 Å². The van der Waals surface area contributed by atoms with Crippen molar-refractivity contribution < 1.29 is 18.0 Å². The van der Waals surface area contributed by atoms with E-state index in [9.17, 15) is 18.0 Å². The van der Waals surface area contributed by atoms with Gasteiger partial charge in [-0.3, -0.25) is 4.79 Å². The van der Waals surface area contributed by atoms with Gasteiger partial charge in [0.1, 0.15) is 6.29 Å². The van der Waals surface area contributed by atoms with Crippen molar-refractivity contribution in [2.75, 3.05) is 26.7 Å². The van der Waals surface area contributed by atoms with Gasteiger partial charge in [-0.25, -0.2) is 0 Å². The molecule has 0 amide bonds. The van der Waals surface area contributed by atoms with Gasteiger partial charge >= 0.3 is 6.18 Å². The highest BCUT2D eigenvalue weighted by atomic mass is 19.4. The number of halogens is 3. The smallest absolute Gasteiger partial charge is 0.320 e. The van der Waals surface area contributed by atoms with Crippen molar-refractivity contribution in [3.63, 3.8) is 0 Å². The molecule has 1 aromatic rings. The van der Waals surface area contributed by atoms with E-state index in [0.29, 0.717) is 11.8 Å². The lowest BCUT2D eigenvalue weighted by Gasteiger charge is -2.05. The van der Waals surface area contributed by atoms with Crippen LogP contribution in [0, 0.1) is 0 Å². The molecule has 6 heteroatoms. The molecule has 1 saturated heterocycles. The quantitative estimate of drug-likeness (QED) is 0.469. The molecule has 1 aliphatic rings. The van der Waals surface area contributed by atoms with Gasteiger partial charge in [0, 0.05) is 0 Å². The van der Waals surface area contributed by atoms with Crippen molar-refractivity contribution in [3.8, 4) is 0 Å². The Labute approximate surface area is 148 Å². The van der Waals surface area contributed by atoms with Crippen molar-refractivity contribution >= 4 is 12.4 Å². The van der Waals surface area contributed by atoms with Crippen LogP contribution in [0.5, 0.6) is 0 Å². The van der Waals surface area contributed by atoms with E-state index < -0.39 is 11.7 Å². The summed E-state index contributed by atoms with van der Waals surface area (Å²) < 4.78 is 36.3. The number of alkyl halides is 3. The second-order valence-electron chi connectivity index (χ2n) is 5.53. The predicted molar refractivity (Wildman–Crippen MR) is 97.5 cm³/mol. The number of hydrogen-bond acceptors (Lipinski definition) is 3. The lowest BCUT2D eigenvalue weighted by molar-refractivity contribution is -0.137. The van der Waals surface area contributed by atoms with Crippen LogP contribution in [0.2, 0.25) is 0 Å². The largest absolute Gasteiger partial charge is 0.416 e. The molecule has 0 bridgehead atoms. The van der Waals surface area contributed by atoms with Crippen LogP contribution in [-0.2, 0) is 11.0 Å². The van der Waals surface area contributed by atoms with Crippen LogP contribution in [0.15, 0.2) is 30.3 Å². The molecule has 0 radical (unpaired) electrons. The molecular weight excluding hydrogens is 329 g/mol. The third-order valence-electron chi connectivity index (χ3n) is 3.34. The summed E-state index contributed by atoms with van der Waals surface area (Å²) in [6.45, 7) is 5.86. The Hall–Kier alpha value is -1.66. The van der Waals surface area contributed by atoms with E-state index in [1.807, 2.05) is 7.05 Å². The maximum Gasteiger partial charge on any atom is 0.416 e. The van der Waals surface area contributed by atoms with Crippen molar-refractivity contribution in [2.24, 2.45) is 0 Å². The maximum atomic E-state index is 12.1. The first kappa shape index (κ1) is 23.3. The Morgan fingerprint density at radius 2 is 1.76 bits per heavy atom. The van der Waals surface area contributed by atoms with E-state index >= 15 is 0 Å². The molecule has 142 valence electrons. The first-order chi connectivity index (χ1) is 12.0. The van der Waals surface area contributed by atoms with Gasteiger partial charge in [0.05, 0.1) is 5.56 Å². The first-order valence-electron chi connectivity index (χ1n) is 8.60. The summed E-state index contributed by atoms with van der Waals surface area (Å²) in [5, 5.41) is 6.29. The highest BCUT2D eigenvalue weighted by Gasteiger charge is 2.29. The second-order valence-corrected chi connectivity index (χ2v) is 5.53. The van der Waals surface area contributed by atoms with Gasteiger partial charge in [0.25, 0.3) is 0 Å². The predicted octanol–water partition coefficient (Wildman–Crippen LogP) is 4.29. The maximum absolute atomic E-state index is 12.1. The molecule has 3 nitrogen and oxygen atoms in total. The van der Waals surface area contributed by atoms with E-state index in [1.165, 1.54) is 63.1 Å². The zero-order valence-electron chi connectivity index (χ0n) is 15.0. The summed E-state index contributed by atoms with van der Waals surface area (Å²) in [5.41, 5.74) is -0.133. The molecule has 0 aliphatic carbocycles. The van der Waals surface area contributed by atoms with Gasteiger partial charge < -0.3 is 10.6 Å². The molecule has 0 atom stereocenters. The van der Waals surface area contributed by atoms with E-state index in [4.69, 9.17) is 0 Å². The number of aldehydes is 1. The first-order valence-corrected chi connectivity index (χ1v) is 8.60. The zero-order valence-corrected chi connectivity index (χ0v) is 15.0. The van der Waals surface area contributed by atoms with E-state index in [0.717, 1.165) is 18.7 Å². The molecule has 25 heavy (non-hydrogen) atoms. The molecule has 0 unspecified atom stereocenters. The summed E-state index contributed by atoms with van der Waals surface area (Å²) in [5.74, 6) is 0. The average Bonchev–Trinajstić information content (AvgIpc) is 3.18. The van der Waals surface area contributed by atoms with Crippen molar-refractivity contribution in [1.29, 1.82) is 0 Å². The van der Waals surface area contributed by atoms with Crippen molar-refractivity contribution in [2.45, 2.75) is 38.8 Å². The molecule has 1 fully saturated rings. The van der Waals surface area contributed by atoms with E-state index in [-0.39, 0.29) is 0 Å². The number of nitrogens with one attached hydrogen (secondary N) is 2. The monoisotopic (exact) mass is 358 g/mol. The van der Waals surface area contributed by atoms with E-state index in [1.54, 1.807) is 0 Å². The molecule has 0 spiro atoms. The molecule has 0 saturated carbocycles. The Balaban J connectivity index is 0.000000429. The number of carbonyl (C=O) groups is 1. The average molecular weight is 358 g/mol. The van der Waals surface area contributed by atoms with Gasteiger partial charge in [0.2, 0.25) is 0 Å². The van der Waals surface area contributed by atoms with Crippen LogP contribution in [0.1, 0.15) is 43.7 Å². The summed E-state index contributed by atoms with van der Waals surface area (Å²) in [6.07, 6.45) is 4.29. The number of benzene rings is 1. The third kappa shape index (κ3) is 13.3. The Bertz CT molecular complexity index is 455. The molecular formula is C19H29F3N2O. The summed E-state index contributed by atoms with van der Waals surface area (Å²) in [6, 6.07) is 4.57. The molecule has 2 rings (SSSR count). The van der Waals surface area contributed by atoms with Crippen LogP contribution >= 0.6 is 0 Å². The molecule has 1 aromatic carbocycles. The summed E-state index contributed by atoms with van der Waals surface area (Å²) in [7, 11) is 1.98. The fourth-order valence-corrected chi connectivity index (χ4v) is 1.91. The van der Waals surface area contributed by atoms with Crippen LogP contribution in [0.4, 0.5) is 13.2 Å². The SMILES string of the molecule is C1CCNC1.CCCCNC.O=C/C=C/c1ccc(C(F)(F)F)cc1. The Morgan fingerprint density at radius 1 is 1.16 bits per heavy atom. The normalized spacial score (nSPS) is 13.6. The number of allylic oxidation sites excluding steroid dienone is 1. The van der Waals surface area contributed by atoms with Crippen molar-refractivity contribution in [3.05, 3.63) is 41.5 Å². The zero-order chi connectivity index (χ0) is 19.0. The standard InChI is InChI=1S/C10H7F3O.C5H13N.C4H9N/c11-10(12,13)9-5-3-8(4-6-9)2-1-7-14;1-3-4-5-6-2;1-2-4-5-3-1/h1-7H;6H,3-5H2,1-2H3;5H,1-4H2/b2-1+;;. The molecule has 0 aromatic heterocycles. The highest BCUT2D eigenvalue weighted by molar-refractivity contribution is 5.73. The number of carbonyl (C=O) groups excluding carboxylic acids is 1. The minimum absolute atomic E-state index is 0.560. The van der Waals surface area contributed by atoms with Crippen LogP contribution < -0.4 is 10.6 Å². The third-order valence-corrected chi connectivity index (χ3v) is 3.34. The van der Waals surface area contributed by atoms with Crippen LogP contribution in [-0.4, -0.2) is 33.0 Å². The lowest BCUT2D eigenvalue weighted by atomic mass is 10.1. The van der Waals surface area contributed by atoms with Gasteiger partial charge in [-0.2, -0.15) is 13.2 Å². The fourth-order valence-electron chi connectivity index (χ4n) is 1.91. The van der Waals surface area contributed by atoms with Gasteiger partial charge in [-0.05, 0) is 69.7 Å². The fraction of sp³-hybridized carbons (Fsp3) is 0.526.